The number of ether oxygens (including phenoxy) is 8. The molecule has 2 aromatic carbocycles. The van der Waals surface area contributed by atoms with Crippen LogP contribution in [0.1, 0.15) is 28.9 Å². The van der Waals surface area contributed by atoms with E-state index >= 15 is 0 Å². The van der Waals surface area contributed by atoms with Gasteiger partial charge in [0.2, 0.25) is 5.78 Å². The first kappa shape index (κ1) is 41.2. The summed E-state index contributed by atoms with van der Waals surface area (Å²) in [5, 5.41) is 125. The maximum Gasteiger partial charge on any atom is 0.203 e. The Bertz CT molecular complexity index is 1660. The Morgan fingerprint density at radius 3 is 1.96 bits per heavy atom. The van der Waals surface area contributed by atoms with E-state index in [1.54, 1.807) is 0 Å². The molecule has 0 amide bonds. The molecule has 2 unspecified atom stereocenters. The maximum absolute atomic E-state index is 13.9. The van der Waals surface area contributed by atoms with Crippen molar-refractivity contribution in [1.82, 2.24) is 0 Å². The lowest BCUT2D eigenvalue weighted by Crippen LogP contribution is -2.64. The number of ketones is 1. The van der Waals surface area contributed by atoms with Crippen molar-refractivity contribution in [2.45, 2.75) is 111 Å². The Morgan fingerprint density at radius 1 is 0.691 bits per heavy atom. The Balaban J connectivity index is 1.16. The number of rotatable bonds is 10. The summed E-state index contributed by atoms with van der Waals surface area (Å²) in [5.74, 6) is -2.48. The number of hydrogen-bond acceptors (Lipinski definition) is 21. The molecule has 4 aliphatic rings. The summed E-state index contributed by atoms with van der Waals surface area (Å²) in [4.78, 5) is 13.9. The molecule has 17 atom stereocenters. The predicted octanol–water partition coefficient (Wildman–Crippen LogP) is -4.01. The lowest BCUT2D eigenvalue weighted by atomic mass is 9.92. The third kappa shape index (κ3) is 7.92. The van der Waals surface area contributed by atoms with Crippen LogP contribution in [-0.4, -0.2) is 186 Å². The number of Topliss-reactive ketones (excluding diaryl/α,β-unsaturated/α-hetero) is 1. The molecular formula is C34H44O21. The number of benzene rings is 2. The zero-order valence-corrected chi connectivity index (χ0v) is 29.2. The molecule has 0 aliphatic carbocycles. The average Bonchev–Trinajstić information content (AvgIpc) is 3.15. The van der Waals surface area contributed by atoms with Crippen LogP contribution in [0.3, 0.4) is 0 Å². The first-order valence-corrected chi connectivity index (χ1v) is 17.1. The number of aliphatic hydroxyl groups is 9. The predicted molar refractivity (Wildman–Crippen MR) is 175 cm³/mol. The molecule has 0 aromatic heterocycles. The van der Waals surface area contributed by atoms with Gasteiger partial charge in [-0.25, -0.2) is 0 Å². The van der Waals surface area contributed by atoms with Crippen LogP contribution in [0, 0.1) is 0 Å². The van der Waals surface area contributed by atoms with Crippen LogP contribution in [0.15, 0.2) is 30.3 Å². The van der Waals surface area contributed by atoms with Gasteiger partial charge in [-0.2, -0.15) is 0 Å². The molecule has 0 radical (unpaired) electrons. The van der Waals surface area contributed by atoms with Gasteiger partial charge in [0.1, 0.15) is 90.0 Å². The van der Waals surface area contributed by atoms with Crippen LogP contribution in [0.4, 0.5) is 0 Å². The molecule has 12 N–H and O–H groups in total. The van der Waals surface area contributed by atoms with Gasteiger partial charge >= 0.3 is 0 Å². The highest BCUT2D eigenvalue weighted by atomic mass is 16.8. The monoisotopic (exact) mass is 788 g/mol. The highest BCUT2D eigenvalue weighted by molar-refractivity contribution is 6.05. The minimum Gasteiger partial charge on any atom is -0.508 e. The number of carbonyl (C=O) groups excluding carboxylic acids is 1. The summed E-state index contributed by atoms with van der Waals surface area (Å²) in [6, 6.07) is 5.92. The van der Waals surface area contributed by atoms with Gasteiger partial charge in [0.25, 0.3) is 0 Å². The molecule has 0 spiro atoms. The van der Waals surface area contributed by atoms with E-state index in [0.29, 0.717) is 0 Å². The van der Waals surface area contributed by atoms with Gasteiger partial charge in [-0.15, -0.1) is 0 Å². The Hall–Kier alpha value is -3.49. The molecule has 21 nitrogen and oxygen atoms in total. The molecule has 55 heavy (non-hydrogen) atoms. The van der Waals surface area contributed by atoms with E-state index in [1.807, 2.05) is 0 Å². The fourth-order valence-corrected chi connectivity index (χ4v) is 6.82. The van der Waals surface area contributed by atoms with Crippen LogP contribution in [0.25, 0.3) is 0 Å². The molecule has 3 fully saturated rings. The zero-order chi connectivity index (χ0) is 40.0. The van der Waals surface area contributed by atoms with Gasteiger partial charge in [0.05, 0.1) is 26.4 Å². The van der Waals surface area contributed by atoms with Crippen LogP contribution in [0.5, 0.6) is 28.7 Å². The van der Waals surface area contributed by atoms with Crippen LogP contribution in [-0.2, 0) is 28.4 Å². The lowest BCUT2D eigenvalue weighted by Gasteiger charge is -2.46. The fraction of sp³-hybridized carbons (Fsp3) is 0.618. The molecule has 306 valence electrons. The van der Waals surface area contributed by atoms with Crippen molar-refractivity contribution in [3.05, 3.63) is 41.5 Å². The van der Waals surface area contributed by atoms with Crippen molar-refractivity contribution in [3.63, 3.8) is 0 Å². The number of carbonyl (C=O) groups is 1. The van der Waals surface area contributed by atoms with Crippen molar-refractivity contribution in [2.24, 2.45) is 0 Å². The molecule has 4 aliphatic heterocycles. The summed E-state index contributed by atoms with van der Waals surface area (Å²) in [5.41, 5.74) is -0.197. The Kier molecular flexibility index (Phi) is 12.4. The summed E-state index contributed by atoms with van der Waals surface area (Å²) >= 11 is 0. The van der Waals surface area contributed by atoms with E-state index in [1.165, 1.54) is 32.2 Å². The first-order chi connectivity index (χ1) is 26.1. The second-order valence-electron chi connectivity index (χ2n) is 13.6. The second-order valence-corrected chi connectivity index (χ2v) is 13.6. The standard InChI is InChI=1S/C34H44O21/c1-10-29(54-33-26(45)23(42)20(39)17(8-35)52-33)25(44)28(47)32(50-10)49-9-18-21(40)24(43)27(46)34(53-18)55-31-22(41)19-14(38)6-12(36)7-16(19)51-30(31)11-3-4-13(37)15(5-11)48-2/h3-7,10,17-18,20-21,23-40,42-47H,8-9H2,1-2H3/t10-,17+,18+,20+,21+,23-,24-,25-,26+,27+,28+,29-,30?,31?,32+,33-,34-/m0/s1. The quantitative estimate of drug-likeness (QED) is 0.109. The summed E-state index contributed by atoms with van der Waals surface area (Å²) in [6.45, 7) is -0.0191. The van der Waals surface area contributed by atoms with Gasteiger partial charge in [-0.3, -0.25) is 4.79 Å². The molecule has 2 aromatic rings. The van der Waals surface area contributed by atoms with Gasteiger partial charge in [-0.1, -0.05) is 6.07 Å². The number of fused-ring (bicyclic) bond motifs is 1. The molecule has 6 rings (SSSR count). The van der Waals surface area contributed by atoms with Gasteiger partial charge < -0.3 is 99.2 Å². The molecule has 0 bridgehead atoms. The maximum atomic E-state index is 13.9. The number of aromatic hydroxyl groups is 3. The number of aliphatic hydroxyl groups excluding tert-OH is 9. The van der Waals surface area contributed by atoms with E-state index < -0.39 is 135 Å². The van der Waals surface area contributed by atoms with Crippen molar-refractivity contribution in [3.8, 4) is 28.7 Å². The largest absolute Gasteiger partial charge is 0.508 e. The van der Waals surface area contributed by atoms with Crippen LogP contribution < -0.4 is 9.47 Å². The molecule has 21 heteroatoms. The van der Waals surface area contributed by atoms with E-state index in [-0.39, 0.29) is 28.4 Å². The topological polar surface area (TPSA) is 334 Å². The first-order valence-electron chi connectivity index (χ1n) is 17.1. The summed E-state index contributed by atoms with van der Waals surface area (Å²) < 4.78 is 45.0. The van der Waals surface area contributed by atoms with E-state index in [9.17, 15) is 66.1 Å². The molecular weight excluding hydrogens is 744 g/mol. The highest BCUT2D eigenvalue weighted by Gasteiger charge is 2.52. The zero-order valence-electron chi connectivity index (χ0n) is 29.2. The van der Waals surface area contributed by atoms with Crippen molar-refractivity contribution >= 4 is 5.78 Å². The van der Waals surface area contributed by atoms with Crippen LogP contribution >= 0.6 is 0 Å². The normalized spacial score (nSPS) is 40.6. The lowest BCUT2D eigenvalue weighted by molar-refractivity contribution is -0.361. The number of methoxy groups -OCH3 is 1. The average molecular weight is 789 g/mol. The molecule has 4 heterocycles. The minimum absolute atomic E-state index is 0.0140. The Morgan fingerprint density at radius 2 is 1.31 bits per heavy atom. The van der Waals surface area contributed by atoms with Crippen molar-refractivity contribution in [2.75, 3.05) is 20.3 Å². The fourth-order valence-electron chi connectivity index (χ4n) is 6.82. The van der Waals surface area contributed by atoms with Gasteiger partial charge in [0, 0.05) is 12.1 Å². The molecule has 3 saturated heterocycles. The SMILES string of the molecule is COc1cc(C2Oc3cc(O)cc(O)c3C(=O)C2O[C@@H]2O[C@H](CO[C@@H]3O[C@@H](C)[C@H](O[C@@H]4O[C@H](CO)[C@@H](O)[C@H](O)[C@H]4O)[C@@H](O)[C@H]3O)[C@@H](O)[C@H](O)[C@H]2O)ccc1O. The number of hydrogen-bond donors (Lipinski definition) is 12. The number of phenolic OH excluding ortho intramolecular Hbond substituents is 3. The Labute approximate surface area is 311 Å². The smallest absolute Gasteiger partial charge is 0.203 e. The van der Waals surface area contributed by atoms with Crippen molar-refractivity contribution < 1.29 is 104 Å². The minimum atomic E-state index is -1.98. The molecule has 0 saturated carbocycles. The van der Waals surface area contributed by atoms with Gasteiger partial charge in [0.15, 0.2) is 42.6 Å². The van der Waals surface area contributed by atoms with E-state index in [2.05, 4.69) is 0 Å². The highest BCUT2D eigenvalue weighted by Crippen LogP contribution is 2.45. The summed E-state index contributed by atoms with van der Waals surface area (Å²) in [7, 11) is 1.28. The summed E-state index contributed by atoms with van der Waals surface area (Å²) in [6.07, 6.45) is -28.4. The van der Waals surface area contributed by atoms with Gasteiger partial charge in [-0.05, 0) is 24.6 Å². The third-order valence-electron chi connectivity index (χ3n) is 9.92. The van der Waals surface area contributed by atoms with E-state index in [4.69, 9.17) is 37.9 Å². The third-order valence-corrected chi connectivity index (χ3v) is 9.92. The number of phenols is 3. The van der Waals surface area contributed by atoms with Crippen molar-refractivity contribution in [1.29, 1.82) is 0 Å². The van der Waals surface area contributed by atoms with Crippen LogP contribution in [0.2, 0.25) is 0 Å². The second kappa shape index (κ2) is 16.5. The van der Waals surface area contributed by atoms with E-state index in [0.717, 1.165) is 12.1 Å².